The number of aromatic nitrogens is 1. The number of hydrogen-bond donors (Lipinski definition) is 3. The predicted molar refractivity (Wildman–Crippen MR) is 70.2 cm³/mol. The number of pyridine rings is 1. The van der Waals surface area contributed by atoms with Gasteiger partial charge in [-0.1, -0.05) is 6.42 Å². The maximum Gasteiger partial charge on any atom is 0.0547 e. The Kier molecular flexibility index (Phi) is 4.20. The van der Waals surface area contributed by atoms with Crippen molar-refractivity contribution in [2.24, 2.45) is 11.8 Å². The molecule has 3 N–H and O–H groups in total. The zero-order valence-electron chi connectivity index (χ0n) is 10.3. The average Bonchev–Trinajstić information content (AvgIpc) is 2.84. The SMILES string of the molecule is CNc1cncc(NCC2CCCC2CO)c1. The Morgan fingerprint density at radius 2 is 2.06 bits per heavy atom. The molecule has 0 radical (unpaired) electrons. The molecule has 1 aromatic heterocycles. The van der Waals surface area contributed by atoms with Crippen molar-refractivity contribution in [3.05, 3.63) is 18.5 Å². The van der Waals surface area contributed by atoms with Gasteiger partial charge in [0.15, 0.2) is 0 Å². The highest BCUT2D eigenvalue weighted by Crippen LogP contribution is 2.31. The molecular weight excluding hydrogens is 214 g/mol. The van der Waals surface area contributed by atoms with E-state index in [0.717, 1.165) is 24.3 Å². The van der Waals surface area contributed by atoms with Gasteiger partial charge >= 0.3 is 0 Å². The Labute approximate surface area is 102 Å². The van der Waals surface area contributed by atoms with Crippen LogP contribution in [-0.4, -0.2) is 30.3 Å². The first-order chi connectivity index (χ1) is 8.33. The number of aliphatic hydroxyl groups excluding tert-OH is 1. The molecule has 0 bridgehead atoms. The molecule has 0 aliphatic heterocycles. The van der Waals surface area contributed by atoms with Gasteiger partial charge in [-0.2, -0.15) is 0 Å². The van der Waals surface area contributed by atoms with Crippen molar-refractivity contribution in [1.82, 2.24) is 4.98 Å². The molecule has 94 valence electrons. The molecular formula is C13H21N3O. The van der Waals surface area contributed by atoms with E-state index in [1.807, 2.05) is 13.2 Å². The normalized spacial score (nSPS) is 23.6. The molecule has 1 aromatic rings. The van der Waals surface area contributed by atoms with Crippen molar-refractivity contribution in [3.63, 3.8) is 0 Å². The van der Waals surface area contributed by atoms with Crippen LogP contribution in [0.3, 0.4) is 0 Å². The molecule has 2 rings (SSSR count). The molecule has 0 saturated heterocycles. The van der Waals surface area contributed by atoms with Gasteiger partial charge in [-0.15, -0.1) is 0 Å². The molecule has 1 saturated carbocycles. The first-order valence-electron chi connectivity index (χ1n) is 6.31. The lowest BCUT2D eigenvalue weighted by molar-refractivity contribution is 0.199. The van der Waals surface area contributed by atoms with E-state index in [1.165, 1.54) is 12.8 Å². The third-order valence-corrected chi connectivity index (χ3v) is 3.65. The molecule has 0 spiro atoms. The Balaban J connectivity index is 1.88. The van der Waals surface area contributed by atoms with Crippen LogP contribution in [-0.2, 0) is 0 Å². The minimum absolute atomic E-state index is 0.321. The summed E-state index contributed by atoms with van der Waals surface area (Å²) < 4.78 is 0. The van der Waals surface area contributed by atoms with Crippen molar-refractivity contribution in [3.8, 4) is 0 Å². The molecule has 2 atom stereocenters. The second kappa shape index (κ2) is 5.87. The van der Waals surface area contributed by atoms with E-state index in [1.54, 1.807) is 6.20 Å². The van der Waals surface area contributed by atoms with E-state index in [9.17, 15) is 5.11 Å². The van der Waals surface area contributed by atoms with Gasteiger partial charge in [0.1, 0.15) is 0 Å². The summed E-state index contributed by atoms with van der Waals surface area (Å²) in [5, 5.41) is 15.8. The Morgan fingerprint density at radius 1 is 1.29 bits per heavy atom. The van der Waals surface area contributed by atoms with E-state index >= 15 is 0 Å². The largest absolute Gasteiger partial charge is 0.396 e. The van der Waals surface area contributed by atoms with Gasteiger partial charge in [-0.3, -0.25) is 4.98 Å². The summed E-state index contributed by atoms with van der Waals surface area (Å²) in [6, 6.07) is 2.05. The van der Waals surface area contributed by atoms with Crippen LogP contribution in [0, 0.1) is 11.8 Å². The van der Waals surface area contributed by atoms with E-state index in [4.69, 9.17) is 0 Å². The van der Waals surface area contributed by atoms with Crippen LogP contribution in [0.15, 0.2) is 18.5 Å². The van der Waals surface area contributed by atoms with Gasteiger partial charge in [0.05, 0.1) is 23.8 Å². The number of hydrogen-bond acceptors (Lipinski definition) is 4. The lowest BCUT2D eigenvalue weighted by Gasteiger charge is -2.18. The standard InChI is InChI=1S/C13H21N3O/c1-14-12-5-13(8-15-7-12)16-6-10-3-2-4-11(10)9-17/h5,7-8,10-11,14,16-17H,2-4,6,9H2,1H3. The fourth-order valence-corrected chi connectivity index (χ4v) is 2.54. The van der Waals surface area contributed by atoms with Crippen molar-refractivity contribution >= 4 is 11.4 Å². The summed E-state index contributed by atoms with van der Waals surface area (Å²) in [7, 11) is 1.89. The third-order valence-electron chi connectivity index (χ3n) is 3.65. The van der Waals surface area contributed by atoms with E-state index in [-0.39, 0.29) is 0 Å². The summed E-state index contributed by atoms with van der Waals surface area (Å²) in [6.45, 7) is 1.25. The lowest BCUT2D eigenvalue weighted by Crippen LogP contribution is -2.20. The molecule has 1 fully saturated rings. The number of aliphatic hydroxyl groups is 1. The topological polar surface area (TPSA) is 57.2 Å². The smallest absolute Gasteiger partial charge is 0.0547 e. The molecule has 1 aliphatic carbocycles. The minimum atomic E-state index is 0.321. The van der Waals surface area contributed by atoms with Gasteiger partial charge in [0, 0.05) is 20.2 Å². The molecule has 1 heterocycles. The molecule has 2 unspecified atom stereocenters. The van der Waals surface area contributed by atoms with Crippen LogP contribution in [0.4, 0.5) is 11.4 Å². The monoisotopic (exact) mass is 235 g/mol. The summed E-state index contributed by atoms with van der Waals surface area (Å²) in [5.74, 6) is 1.07. The highest BCUT2D eigenvalue weighted by Gasteiger charge is 2.26. The van der Waals surface area contributed by atoms with E-state index in [2.05, 4.69) is 21.7 Å². The molecule has 0 aromatic carbocycles. The summed E-state index contributed by atoms with van der Waals surface area (Å²) in [5.41, 5.74) is 2.06. The van der Waals surface area contributed by atoms with Gasteiger partial charge in [0.2, 0.25) is 0 Å². The average molecular weight is 235 g/mol. The van der Waals surface area contributed by atoms with Gasteiger partial charge < -0.3 is 15.7 Å². The zero-order chi connectivity index (χ0) is 12.1. The summed E-state index contributed by atoms with van der Waals surface area (Å²) in [4.78, 5) is 4.17. The van der Waals surface area contributed by atoms with Crippen molar-refractivity contribution < 1.29 is 5.11 Å². The molecule has 1 aliphatic rings. The highest BCUT2D eigenvalue weighted by atomic mass is 16.3. The molecule has 4 nitrogen and oxygen atoms in total. The van der Waals surface area contributed by atoms with Gasteiger partial charge in [-0.25, -0.2) is 0 Å². The van der Waals surface area contributed by atoms with Crippen molar-refractivity contribution in [1.29, 1.82) is 0 Å². The van der Waals surface area contributed by atoms with Crippen LogP contribution >= 0.6 is 0 Å². The second-order valence-corrected chi connectivity index (χ2v) is 4.73. The first-order valence-corrected chi connectivity index (χ1v) is 6.31. The number of anilines is 2. The van der Waals surface area contributed by atoms with Crippen molar-refractivity contribution in [2.45, 2.75) is 19.3 Å². The maximum absolute atomic E-state index is 9.27. The quantitative estimate of drug-likeness (QED) is 0.730. The fraction of sp³-hybridized carbons (Fsp3) is 0.615. The second-order valence-electron chi connectivity index (χ2n) is 4.73. The van der Waals surface area contributed by atoms with Gasteiger partial charge in [-0.05, 0) is 30.7 Å². The number of nitrogens with zero attached hydrogens (tertiary/aromatic N) is 1. The van der Waals surface area contributed by atoms with Crippen LogP contribution in [0.25, 0.3) is 0 Å². The van der Waals surface area contributed by atoms with E-state index in [0.29, 0.717) is 18.4 Å². The van der Waals surface area contributed by atoms with Crippen LogP contribution in [0.5, 0.6) is 0 Å². The third kappa shape index (κ3) is 3.09. The van der Waals surface area contributed by atoms with Gasteiger partial charge in [0.25, 0.3) is 0 Å². The fourth-order valence-electron chi connectivity index (χ4n) is 2.54. The van der Waals surface area contributed by atoms with Crippen LogP contribution in [0.2, 0.25) is 0 Å². The number of nitrogens with one attached hydrogen (secondary N) is 2. The maximum atomic E-state index is 9.27. The Morgan fingerprint density at radius 3 is 2.82 bits per heavy atom. The lowest BCUT2D eigenvalue weighted by atomic mass is 9.97. The summed E-state index contributed by atoms with van der Waals surface area (Å²) in [6.07, 6.45) is 7.27. The minimum Gasteiger partial charge on any atom is -0.396 e. The summed E-state index contributed by atoms with van der Waals surface area (Å²) >= 11 is 0. The Bertz CT molecular complexity index is 356. The predicted octanol–water partition coefficient (Wildman–Crippen LogP) is 1.94. The number of rotatable bonds is 5. The van der Waals surface area contributed by atoms with E-state index < -0.39 is 0 Å². The molecule has 17 heavy (non-hydrogen) atoms. The Hall–Kier alpha value is -1.29. The zero-order valence-corrected chi connectivity index (χ0v) is 10.3. The molecule has 0 amide bonds. The van der Waals surface area contributed by atoms with Crippen LogP contribution in [0.1, 0.15) is 19.3 Å². The molecule has 4 heteroatoms. The highest BCUT2D eigenvalue weighted by molar-refractivity contribution is 5.53. The first kappa shape index (κ1) is 12.2. The van der Waals surface area contributed by atoms with Crippen molar-refractivity contribution in [2.75, 3.05) is 30.8 Å². The van der Waals surface area contributed by atoms with Crippen LogP contribution < -0.4 is 10.6 Å².